The van der Waals surface area contributed by atoms with E-state index in [0.717, 1.165) is 34.0 Å². The third kappa shape index (κ3) is 5.11. The highest BCUT2D eigenvalue weighted by Gasteiger charge is 2.28. The Labute approximate surface area is 211 Å². The van der Waals surface area contributed by atoms with Crippen molar-refractivity contribution in [2.75, 3.05) is 6.54 Å². The molecule has 0 bridgehead atoms. The molecule has 0 saturated carbocycles. The summed E-state index contributed by atoms with van der Waals surface area (Å²) in [7, 11) is 0. The molecule has 0 atom stereocenters. The van der Waals surface area contributed by atoms with Gasteiger partial charge in [0.2, 0.25) is 0 Å². The standard InChI is InChI=1S/C27H26FN3O4S/c1-27(2,3)35-26(33)30-10-9-24-22(15-30)21-12-19(6-7-23(21)36-24)31-11-8-20(13-25(31)32)34-16-18-5-4-17(28)14-29-18/h4-8,11-14H,9-10,15-16H2,1-3H3. The minimum absolute atomic E-state index is 0.130. The van der Waals surface area contributed by atoms with Crippen molar-refractivity contribution in [1.29, 1.82) is 0 Å². The van der Waals surface area contributed by atoms with Gasteiger partial charge in [-0.3, -0.25) is 14.3 Å². The fourth-order valence-electron chi connectivity index (χ4n) is 4.11. The number of pyridine rings is 2. The number of hydrogen-bond acceptors (Lipinski definition) is 6. The average molecular weight is 508 g/mol. The number of thiophene rings is 1. The van der Waals surface area contributed by atoms with Gasteiger partial charge in [-0.2, -0.15) is 0 Å². The number of benzene rings is 1. The van der Waals surface area contributed by atoms with E-state index in [0.29, 0.717) is 24.5 Å². The van der Waals surface area contributed by atoms with Crippen molar-refractivity contribution in [2.24, 2.45) is 0 Å². The number of halogens is 1. The molecule has 1 aromatic carbocycles. The molecule has 186 valence electrons. The first-order valence-electron chi connectivity index (χ1n) is 11.6. The number of carbonyl (C=O) groups is 1. The molecular formula is C27H26FN3O4S. The highest BCUT2D eigenvalue weighted by atomic mass is 32.1. The van der Waals surface area contributed by atoms with E-state index in [9.17, 15) is 14.0 Å². The van der Waals surface area contributed by atoms with Gasteiger partial charge in [0.25, 0.3) is 5.56 Å². The lowest BCUT2D eigenvalue weighted by atomic mass is 10.0. The molecule has 5 rings (SSSR count). The number of rotatable bonds is 4. The van der Waals surface area contributed by atoms with Crippen LogP contribution >= 0.6 is 11.3 Å². The highest BCUT2D eigenvalue weighted by Crippen LogP contribution is 2.36. The molecule has 0 saturated heterocycles. The van der Waals surface area contributed by atoms with Crippen LogP contribution in [0.4, 0.5) is 9.18 Å². The molecule has 4 heterocycles. The molecule has 0 N–H and O–H groups in total. The maximum Gasteiger partial charge on any atom is 0.410 e. The lowest BCUT2D eigenvalue weighted by Crippen LogP contribution is -2.39. The Morgan fingerprint density at radius 3 is 2.72 bits per heavy atom. The fraction of sp³-hybridized carbons (Fsp3) is 0.296. The first-order valence-corrected chi connectivity index (χ1v) is 12.5. The van der Waals surface area contributed by atoms with Crippen LogP contribution in [0.25, 0.3) is 15.8 Å². The highest BCUT2D eigenvalue weighted by molar-refractivity contribution is 7.19. The first-order chi connectivity index (χ1) is 17.2. The van der Waals surface area contributed by atoms with Gasteiger partial charge in [0.05, 0.1) is 18.4 Å². The Hall–Kier alpha value is -3.72. The molecule has 1 amide bonds. The lowest BCUT2D eigenvalue weighted by molar-refractivity contribution is 0.0226. The van der Waals surface area contributed by atoms with Crippen molar-refractivity contribution in [3.05, 3.63) is 87.2 Å². The molecule has 0 fully saturated rings. The van der Waals surface area contributed by atoms with Crippen LogP contribution in [0.2, 0.25) is 0 Å². The van der Waals surface area contributed by atoms with Crippen molar-refractivity contribution >= 4 is 27.5 Å². The van der Waals surface area contributed by atoms with E-state index in [1.807, 2.05) is 39.0 Å². The van der Waals surface area contributed by atoms with Gasteiger partial charge in [-0.05, 0) is 74.5 Å². The summed E-state index contributed by atoms with van der Waals surface area (Å²) >= 11 is 1.73. The van der Waals surface area contributed by atoms with Gasteiger partial charge >= 0.3 is 6.09 Å². The molecule has 1 aliphatic heterocycles. The van der Waals surface area contributed by atoms with Gasteiger partial charge in [-0.25, -0.2) is 9.18 Å². The van der Waals surface area contributed by atoms with Crippen LogP contribution in [-0.4, -0.2) is 32.7 Å². The Morgan fingerprint density at radius 1 is 1.17 bits per heavy atom. The number of aromatic nitrogens is 2. The van der Waals surface area contributed by atoms with Crippen LogP contribution in [0, 0.1) is 5.82 Å². The molecule has 3 aromatic heterocycles. The average Bonchev–Trinajstić information content (AvgIpc) is 3.20. The maximum absolute atomic E-state index is 13.0. The zero-order valence-corrected chi connectivity index (χ0v) is 21.1. The number of amides is 1. The van der Waals surface area contributed by atoms with E-state index in [1.165, 1.54) is 23.1 Å². The smallest absolute Gasteiger partial charge is 0.410 e. The molecule has 0 spiro atoms. The van der Waals surface area contributed by atoms with Crippen molar-refractivity contribution in [3.63, 3.8) is 0 Å². The largest absolute Gasteiger partial charge is 0.487 e. The molecule has 36 heavy (non-hydrogen) atoms. The zero-order chi connectivity index (χ0) is 25.4. The molecular weight excluding hydrogens is 481 g/mol. The minimum atomic E-state index is -0.548. The van der Waals surface area contributed by atoms with Crippen molar-refractivity contribution in [2.45, 2.75) is 45.9 Å². The second-order valence-electron chi connectivity index (χ2n) is 9.66. The normalized spacial score (nSPS) is 13.5. The van der Waals surface area contributed by atoms with Crippen LogP contribution in [0.1, 0.15) is 36.9 Å². The topological polar surface area (TPSA) is 73.7 Å². The SMILES string of the molecule is CC(C)(C)OC(=O)N1CCc2sc3ccc(-n4ccc(OCc5ccc(F)cn5)cc4=O)cc3c2C1. The van der Waals surface area contributed by atoms with Crippen LogP contribution in [0.3, 0.4) is 0 Å². The molecule has 0 aliphatic carbocycles. The quantitative estimate of drug-likeness (QED) is 0.367. The molecule has 0 unspecified atom stereocenters. The Bertz CT molecular complexity index is 1490. The van der Waals surface area contributed by atoms with Crippen LogP contribution in [0.15, 0.2) is 59.7 Å². The summed E-state index contributed by atoms with van der Waals surface area (Å²) in [4.78, 5) is 32.5. The number of ether oxygens (including phenoxy) is 2. The number of fused-ring (bicyclic) bond motifs is 3. The van der Waals surface area contributed by atoms with Crippen molar-refractivity contribution < 1.29 is 18.7 Å². The Kier molecular flexibility index (Phi) is 6.26. The number of nitrogens with zero attached hydrogens (tertiary/aromatic N) is 3. The third-order valence-corrected chi connectivity index (χ3v) is 7.08. The Balaban J connectivity index is 1.37. The van der Waals surface area contributed by atoms with Gasteiger partial charge in [0.15, 0.2) is 0 Å². The van der Waals surface area contributed by atoms with E-state index in [-0.39, 0.29) is 18.3 Å². The van der Waals surface area contributed by atoms with E-state index >= 15 is 0 Å². The van der Waals surface area contributed by atoms with Crippen LogP contribution < -0.4 is 10.3 Å². The predicted molar refractivity (Wildman–Crippen MR) is 136 cm³/mol. The van der Waals surface area contributed by atoms with E-state index in [4.69, 9.17) is 9.47 Å². The van der Waals surface area contributed by atoms with Crippen molar-refractivity contribution in [1.82, 2.24) is 14.5 Å². The van der Waals surface area contributed by atoms with Crippen molar-refractivity contribution in [3.8, 4) is 11.4 Å². The summed E-state index contributed by atoms with van der Waals surface area (Å²) in [6.07, 6.45) is 3.26. The molecule has 0 radical (unpaired) electrons. The van der Waals surface area contributed by atoms with E-state index in [1.54, 1.807) is 33.1 Å². The van der Waals surface area contributed by atoms with Gasteiger partial charge in [-0.1, -0.05) is 0 Å². The molecule has 1 aliphatic rings. The number of carbonyl (C=O) groups excluding carboxylic acids is 1. The number of hydrogen-bond donors (Lipinski definition) is 0. The van der Waals surface area contributed by atoms with E-state index in [2.05, 4.69) is 4.98 Å². The van der Waals surface area contributed by atoms with Gasteiger partial charge < -0.3 is 14.4 Å². The maximum atomic E-state index is 13.0. The van der Waals surface area contributed by atoms with Gasteiger partial charge in [0, 0.05) is 34.1 Å². The summed E-state index contributed by atoms with van der Waals surface area (Å²) in [6.45, 7) is 6.81. The molecule has 4 aromatic rings. The third-order valence-electron chi connectivity index (χ3n) is 5.81. The Morgan fingerprint density at radius 2 is 2.00 bits per heavy atom. The summed E-state index contributed by atoms with van der Waals surface area (Å²) in [5.74, 6) is -0.00730. The summed E-state index contributed by atoms with van der Waals surface area (Å²) in [5, 5.41) is 1.04. The summed E-state index contributed by atoms with van der Waals surface area (Å²) in [5.41, 5.74) is 1.61. The first kappa shape index (κ1) is 24.0. The van der Waals surface area contributed by atoms with Crippen LogP contribution in [-0.2, 0) is 24.3 Å². The monoisotopic (exact) mass is 507 g/mol. The van der Waals surface area contributed by atoms with Crippen LogP contribution in [0.5, 0.6) is 5.75 Å². The second-order valence-corrected chi connectivity index (χ2v) is 10.8. The minimum Gasteiger partial charge on any atom is -0.487 e. The lowest BCUT2D eigenvalue weighted by Gasteiger charge is -2.30. The fourth-order valence-corrected chi connectivity index (χ4v) is 5.30. The molecule has 9 heteroatoms. The predicted octanol–water partition coefficient (Wildman–Crippen LogP) is 5.46. The van der Waals surface area contributed by atoms with Gasteiger partial charge in [-0.15, -0.1) is 11.3 Å². The van der Waals surface area contributed by atoms with E-state index < -0.39 is 11.4 Å². The molecule has 7 nitrogen and oxygen atoms in total. The second kappa shape index (κ2) is 9.39. The van der Waals surface area contributed by atoms with Gasteiger partial charge in [0.1, 0.15) is 23.8 Å². The summed E-state index contributed by atoms with van der Waals surface area (Å²) < 4.78 is 26.9. The summed E-state index contributed by atoms with van der Waals surface area (Å²) in [6, 6.07) is 11.9. The zero-order valence-electron chi connectivity index (χ0n) is 20.3.